The van der Waals surface area contributed by atoms with Crippen LogP contribution in [0.5, 0.6) is 0 Å². The van der Waals surface area contributed by atoms with Gasteiger partial charge in [-0.1, -0.05) is 6.07 Å². The number of nitrogens with zero attached hydrogens (tertiary/aromatic N) is 1. The first kappa shape index (κ1) is 9.00. The zero-order valence-corrected chi connectivity index (χ0v) is 7.08. The summed E-state index contributed by atoms with van der Waals surface area (Å²) in [5, 5.41) is 8.46. The van der Waals surface area contributed by atoms with E-state index in [2.05, 4.69) is 4.98 Å². The second-order valence-corrected chi connectivity index (χ2v) is 2.59. The van der Waals surface area contributed by atoms with Gasteiger partial charge >= 0.3 is 5.97 Å². The lowest BCUT2D eigenvalue weighted by molar-refractivity contribution is -0.136. The number of carboxylic acids is 1. The molecule has 12 heavy (non-hydrogen) atoms. The minimum absolute atomic E-state index is 0.0509. The molecule has 0 saturated heterocycles. The van der Waals surface area contributed by atoms with Crippen molar-refractivity contribution in [3.63, 3.8) is 0 Å². The van der Waals surface area contributed by atoms with E-state index in [9.17, 15) is 4.79 Å². The molecular formula is C8H8ClNO2. The van der Waals surface area contributed by atoms with Gasteiger partial charge in [0.05, 0.1) is 23.7 Å². The van der Waals surface area contributed by atoms with Crippen molar-refractivity contribution in [2.75, 3.05) is 0 Å². The lowest BCUT2D eigenvalue weighted by Crippen LogP contribution is -2.03. The summed E-state index contributed by atoms with van der Waals surface area (Å²) in [4.78, 5) is 14.3. The summed E-state index contributed by atoms with van der Waals surface area (Å²) in [6.07, 6.45) is -0.0509. The molecule has 0 aliphatic heterocycles. The van der Waals surface area contributed by atoms with Crippen LogP contribution in [-0.2, 0) is 17.1 Å². The SMILES string of the molecule is O=C(O)Cc1cccc(CCl)n1. The monoisotopic (exact) mass is 185 g/mol. The molecule has 0 aliphatic carbocycles. The highest BCUT2D eigenvalue weighted by atomic mass is 35.5. The van der Waals surface area contributed by atoms with Crippen molar-refractivity contribution in [2.45, 2.75) is 12.3 Å². The molecule has 0 radical (unpaired) electrons. The molecule has 0 spiro atoms. The number of carboxylic acid groups (broad SMARTS) is 1. The van der Waals surface area contributed by atoms with Crippen molar-refractivity contribution in [2.24, 2.45) is 0 Å². The predicted octanol–water partition coefficient (Wildman–Crippen LogP) is 1.45. The van der Waals surface area contributed by atoms with E-state index in [1.807, 2.05) is 0 Å². The molecule has 3 nitrogen and oxygen atoms in total. The van der Waals surface area contributed by atoms with E-state index in [0.717, 1.165) is 0 Å². The van der Waals surface area contributed by atoms with Crippen LogP contribution in [-0.4, -0.2) is 16.1 Å². The maximum Gasteiger partial charge on any atom is 0.309 e. The van der Waals surface area contributed by atoms with E-state index in [4.69, 9.17) is 16.7 Å². The molecule has 0 aliphatic rings. The normalized spacial score (nSPS) is 9.75. The summed E-state index contributed by atoms with van der Waals surface area (Å²) in [7, 11) is 0. The van der Waals surface area contributed by atoms with Crippen molar-refractivity contribution in [1.29, 1.82) is 0 Å². The van der Waals surface area contributed by atoms with Crippen molar-refractivity contribution >= 4 is 17.6 Å². The molecule has 0 amide bonds. The van der Waals surface area contributed by atoms with Gasteiger partial charge in [-0.05, 0) is 12.1 Å². The number of aromatic nitrogens is 1. The van der Waals surface area contributed by atoms with Crippen LogP contribution in [0.2, 0.25) is 0 Å². The molecule has 0 atom stereocenters. The van der Waals surface area contributed by atoms with Gasteiger partial charge in [0.2, 0.25) is 0 Å². The fourth-order valence-corrected chi connectivity index (χ4v) is 1.01. The Balaban J connectivity index is 2.79. The van der Waals surface area contributed by atoms with Crippen LogP contribution in [0, 0.1) is 0 Å². The van der Waals surface area contributed by atoms with E-state index in [1.54, 1.807) is 18.2 Å². The average Bonchev–Trinajstić information content (AvgIpc) is 2.03. The molecule has 1 aromatic rings. The molecule has 1 N–H and O–H groups in total. The molecule has 1 aromatic heterocycles. The van der Waals surface area contributed by atoms with Crippen LogP contribution in [0.25, 0.3) is 0 Å². The zero-order valence-electron chi connectivity index (χ0n) is 6.33. The largest absolute Gasteiger partial charge is 0.481 e. The summed E-state index contributed by atoms with van der Waals surface area (Å²) in [6, 6.07) is 5.19. The second kappa shape index (κ2) is 4.07. The third kappa shape index (κ3) is 2.51. The summed E-state index contributed by atoms with van der Waals surface area (Å²) in [5.41, 5.74) is 1.25. The number of alkyl halides is 1. The van der Waals surface area contributed by atoms with Gasteiger partial charge < -0.3 is 5.11 Å². The lowest BCUT2D eigenvalue weighted by Gasteiger charge is -1.97. The topological polar surface area (TPSA) is 50.2 Å². The molecule has 1 rings (SSSR count). The van der Waals surface area contributed by atoms with Crippen molar-refractivity contribution in [3.05, 3.63) is 29.6 Å². The van der Waals surface area contributed by atoms with E-state index in [0.29, 0.717) is 17.3 Å². The smallest absolute Gasteiger partial charge is 0.309 e. The van der Waals surface area contributed by atoms with Gasteiger partial charge in [0, 0.05) is 0 Å². The summed E-state index contributed by atoms with van der Waals surface area (Å²) >= 11 is 5.53. The average molecular weight is 186 g/mol. The summed E-state index contributed by atoms with van der Waals surface area (Å²) < 4.78 is 0. The Morgan fingerprint density at radius 3 is 2.75 bits per heavy atom. The molecule has 0 saturated carbocycles. The first-order valence-electron chi connectivity index (χ1n) is 3.45. The van der Waals surface area contributed by atoms with Crippen LogP contribution < -0.4 is 0 Å². The number of rotatable bonds is 3. The molecule has 0 bridgehead atoms. The Morgan fingerprint density at radius 1 is 1.50 bits per heavy atom. The summed E-state index contributed by atoms with van der Waals surface area (Å²) in [5.74, 6) is -0.567. The van der Waals surface area contributed by atoms with Crippen molar-refractivity contribution < 1.29 is 9.90 Å². The minimum Gasteiger partial charge on any atom is -0.481 e. The first-order valence-corrected chi connectivity index (χ1v) is 3.98. The lowest BCUT2D eigenvalue weighted by atomic mass is 10.2. The fourth-order valence-electron chi connectivity index (χ4n) is 0.857. The molecule has 0 unspecified atom stereocenters. The highest BCUT2D eigenvalue weighted by Crippen LogP contribution is 2.02. The van der Waals surface area contributed by atoms with Crippen LogP contribution in [0.1, 0.15) is 11.4 Å². The van der Waals surface area contributed by atoms with Crippen LogP contribution in [0.15, 0.2) is 18.2 Å². The van der Waals surface area contributed by atoms with Gasteiger partial charge in [-0.25, -0.2) is 0 Å². The van der Waals surface area contributed by atoms with Gasteiger partial charge in [-0.3, -0.25) is 9.78 Å². The van der Waals surface area contributed by atoms with Crippen LogP contribution in [0.4, 0.5) is 0 Å². The quantitative estimate of drug-likeness (QED) is 0.726. The second-order valence-electron chi connectivity index (χ2n) is 2.32. The van der Waals surface area contributed by atoms with Gasteiger partial charge in [0.15, 0.2) is 0 Å². The highest BCUT2D eigenvalue weighted by molar-refractivity contribution is 6.16. The maximum absolute atomic E-state index is 10.3. The highest BCUT2D eigenvalue weighted by Gasteiger charge is 2.01. The third-order valence-electron chi connectivity index (χ3n) is 1.33. The van der Waals surface area contributed by atoms with Crippen molar-refractivity contribution in [1.82, 2.24) is 4.98 Å². The Labute approximate surface area is 75.0 Å². The van der Waals surface area contributed by atoms with E-state index in [-0.39, 0.29) is 6.42 Å². The molecule has 1 heterocycles. The standard InChI is InChI=1S/C8H8ClNO2/c9-5-7-3-1-2-6(10-7)4-8(11)12/h1-3H,4-5H2,(H,11,12). The Bertz CT molecular complexity index is 288. The van der Waals surface area contributed by atoms with E-state index in [1.165, 1.54) is 0 Å². The number of halogens is 1. The molecule has 0 fully saturated rings. The number of carbonyl (C=O) groups is 1. The predicted molar refractivity (Wildman–Crippen MR) is 45.1 cm³/mol. The van der Waals surface area contributed by atoms with Crippen LogP contribution >= 0.6 is 11.6 Å². The Hall–Kier alpha value is -1.09. The van der Waals surface area contributed by atoms with Gasteiger partial charge in [-0.15, -0.1) is 11.6 Å². The van der Waals surface area contributed by atoms with Crippen molar-refractivity contribution in [3.8, 4) is 0 Å². The van der Waals surface area contributed by atoms with Crippen LogP contribution in [0.3, 0.4) is 0 Å². The molecule has 4 heteroatoms. The minimum atomic E-state index is -0.880. The fraction of sp³-hybridized carbons (Fsp3) is 0.250. The molecule has 0 aromatic carbocycles. The third-order valence-corrected chi connectivity index (χ3v) is 1.61. The Morgan fingerprint density at radius 2 is 2.17 bits per heavy atom. The van der Waals surface area contributed by atoms with E-state index >= 15 is 0 Å². The molecular weight excluding hydrogens is 178 g/mol. The Kier molecular flexibility index (Phi) is 3.05. The number of pyridine rings is 1. The summed E-state index contributed by atoms with van der Waals surface area (Å²) in [6.45, 7) is 0. The molecule has 64 valence electrons. The first-order chi connectivity index (χ1) is 5.72. The zero-order chi connectivity index (χ0) is 8.97. The van der Waals surface area contributed by atoms with Gasteiger partial charge in [0.1, 0.15) is 0 Å². The van der Waals surface area contributed by atoms with Gasteiger partial charge in [0.25, 0.3) is 0 Å². The number of hydrogen-bond donors (Lipinski definition) is 1. The van der Waals surface area contributed by atoms with Gasteiger partial charge in [-0.2, -0.15) is 0 Å². The maximum atomic E-state index is 10.3. The number of hydrogen-bond acceptors (Lipinski definition) is 2. The van der Waals surface area contributed by atoms with E-state index < -0.39 is 5.97 Å². The number of aliphatic carboxylic acids is 1.